The Kier molecular flexibility index (Phi) is 55.7. The Hall–Kier alpha value is -9.87. The number of quaternary nitrogens is 2. The van der Waals surface area contributed by atoms with E-state index < -0.39 is 70.8 Å². The van der Waals surface area contributed by atoms with Crippen molar-refractivity contribution in [3.05, 3.63) is 183 Å². The summed E-state index contributed by atoms with van der Waals surface area (Å²) in [6.45, 7) is 14.6. The lowest BCUT2D eigenvalue weighted by Crippen LogP contribution is -3.00. The summed E-state index contributed by atoms with van der Waals surface area (Å²) in [4.78, 5) is 121. The lowest BCUT2D eigenvalue weighted by atomic mass is 10.3. The third kappa shape index (κ3) is 52.1. The number of hydrogen-bond donors (Lipinski definition) is 2. The normalized spacial score (nSPS) is 10.8. The number of carbonyl (C=O) groups excluding carboxylic acids is 6. The van der Waals surface area contributed by atoms with Gasteiger partial charge in [0.1, 0.15) is 63.4 Å². The molecule has 0 atom stereocenters. The van der Waals surface area contributed by atoms with Gasteiger partial charge in [0.2, 0.25) is 43.5 Å². The summed E-state index contributed by atoms with van der Waals surface area (Å²) >= 11 is 16.2. The molecule has 0 saturated carbocycles. The van der Waals surface area contributed by atoms with Gasteiger partial charge in [0.05, 0.1) is 104 Å². The molecule has 0 radical (unpaired) electrons. The van der Waals surface area contributed by atoms with Crippen LogP contribution in [0.2, 0.25) is 35.1 Å². The minimum absolute atomic E-state index is 0. The standard InChI is InChI=1S/2C9H14N3O.2C6H5ClN2O.C6H2F4O.2C6H5FN2O.C5H3ClN2O2.C4H9F3O3SSi.C4H8O.C3H9N.C2H2.2CH4.ClH/c2*1-7(13)8-5-11-9(6-10-8)12(2,3)4;2*1-4(10)5-2-9-6(7)3-8-5;7-2-1-3(8)5(10)6(11)4(2)9;1-4(10)5-2-9-6(7)3-8-5;1-4(10)5-2-3-6(7)9-8-5;6-4-2-7-3(1-8-4)5(9)10;1-12(2,3)10-11(8,9)4(5,6)7;1-2-4-5-3-1;1-4(2)3;1-2;;;/h2*5-6H,1-4H3;2*2-3H,1H3;1,11H;2*2-3H,1H3;1-2H,(H,9,10);1-3H3;1-4H2;1-3H3;1-2H;2*1H4;1H/q2*+1;;;;;;;;;;;;;/p-1/i;;;;;;7-1;;;;;1D;;;. The number of ketones is 6. The molecule has 8 aromatic rings. The highest BCUT2D eigenvalue weighted by atomic mass is 35.5. The molecule has 1 aromatic carbocycles. The van der Waals surface area contributed by atoms with E-state index in [2.05, 4.69) is 80.3 Å². The first-order chi connectivity index (χ1) is 51.0. The van der Waals surface area contributed by atoms with Gasteiger partial charge in [-0.3, -0.25) is 37.7 Å². The smallest absolute Gasteiger partial charge is 0.522 e. The zero-order valence-corrected chi connectivity index (χ0v) is 67.7. The largest absolute Gasteiger partial charge is 1.00 e. The molecule has 1 aliphatic heterocycles. The number of aromatic hydroxyl groups is 1. The topological polar surface area (TPSA) is 396 Å². The fourth-order valence-electron chi connectivity index (χ4n) is 5.55. The number of ether oxygens (including phenoxy) is 1. The third-order valence-electron chi connectivity index (χ3n) is 10.7. The number of Topliss-reactive ketones (excluding diaryl/α,β-unsaturated/α-hetero) is 6. The highest BCUT2D eigenvalue weighted by Crippen LogP contribution is 2.28. The molecule has 2 N–H and O–H groups in total. The van der Waals surface area contributed by atoms with Crippen LogP contribution in [0, 0.1) is 48.0 Å². The first-order valence-corrected chi connectivity index (χ1v) is 36.5. The number of hydrogen-bond acceptors (Lipinski definition) is 27. The van der Waals surface area contributed by atoms with Crippen molar-refractivity contribution < 1.29 is 114 Å². The van der Waals surface area contributed by atoms with Crippen molar-refractivity contribution in [2.45, 2.75) is 94.4 Å². The number of nitrogens with zero attached hydrogens (tertiary/aromatic N) is 17. The Morgan fingerprint density at radius 2 is 0.805 bits per heavy atom. The van der Waals surface area contributed by atoms with Gasteiger partial charge >= 0.3 is 21.6 Å². The van der Waals surface area contributed by atoms with Gasteiger partial charge in [-0.25, -0.2) is 73.4 Å². The Bertz CT molecular complexity index is 3960. The zero-order chi connectivity index (χ0) is 86.5. The van der Waals surface area contributed by atoms with E-state index in [0.29, 0.717) is 42.0 Å². The summed E-state index contributed by atoms with van der Waals surface area (Å²) in [7, 11) is 9.88. The molecule has 113 heavy (non-hydrogen) atoms. The number of benzene rings is 1. The van der Waals surface area contributed by atoms with Gasteiger partial charge in [0, 0.05) is 60.8 Å². The number of aromatic carboxylic acids is 1. The first-order valence-electron chi connectivity index (χ1n) is 31.0. The molecule has 1 fully saturated rings. The second kappa shape index (κ2) is 56.4. The summed E-state index contributed by atoms with van der Waals surface area (Å²) in [5, 5.41) is 23.8. The molecule has 7 aromatic heterocycles. The molecule has 1 aliphatic rings. The molecule has 45 heteroatoms. The molecular formula is C68H89Cl4F9N17O13SSi+. The van der Waals surface area contributed by atoms with Gasteiger partial charge in [0.15, 0.2) is 57.8 Å². The maximum atomic E-state index is 12.1. The molecule has 0 unspecified atom stereocenters. The van der Waals surface area contributed by atoms with Crippen LogP contribution in [-0.2, 0) is 18.7 Å². The molecule has 30 nitrogen and oxygen atoms in total. The van der Waals surface area contributed by atoms with Crippen molar-refractivity contribution in [3.63, 3.8) is 0 Å². The Morgan fingerprint density at radius 1 is 0.513 bits per heavy atom. The lowest BCUT2D eigenvalue weighted by Gasteiger charge is -2.20. The SMILES string of the molecule is C.C.C1CCOC1.CC(=O)c1ccc([18F])nn1.CC(=O)c1cnc(Cl)cn1.CC(=O)c1cnc(Cl)cn1.CC(=O)c1cnc(F)cn1.CC(=O)c1cnc([N+](C)(C)C)cn1.CC(=O)c1cnc([N+](C)(C)C)cn1.CN(C)C.C[Si](C)(C)OS(=O)(=O)C(F)(F)F.O=C(O)c1cnc(Cl)cn1.Oc1c(F)c(F)cc(F)c1F.[2H]C#C.[Cl-]. The predicted octanol–water partition coefficient (Wildman–Crippen LogP) is 10.0. The Balaban J connectivity index is -0.000000282. The highest BCUT2D eigenvalue weighted by molar-refractivity contribution is 7.88. The van der Waals surface area contributed by atoms with Crippen LogP contribution < -0.4 is 21.4 Å². The van der Waals surface area contributed by atoms with Crippen molar-refractivity contribution in [2.24, 2.45) is 0 Å². The van der Waals surface area contributed by atoms with Crippen LogP contribution in [0.4, 0.5) is 51.1 Å². The van der Waals surface area contributed by atoms with E-state index in [0.717, 1.165) is 49.5 Å². The maximum Gasteiger partial charge on any atom is 0.522 e. The molecule has 8 heterocycles. The van der Waals surface area contributed by atoms with E-state index in [4.69, 9.17) is 51.1 Å². The molecule has 9 rings (SSSR count). The second-order valence-corrected chi connectivity index (χ2v) is 31.3. The third-order valence-corrected chi connectivity index (χ3v) is 14.7. The van der Waals surface area contributed by atoms with Crippen molar-refractivity contribution in [1.82, 2.24) is 83.9 Å². The molecule has 0 spiro atoms. The number of phenols is 1. The maximum absolute atomic E-state index is 12.1. The van der Waals surface area contributed by atoms with E-state index in [9.17, 15) is 81.5 Å². The van der Waals surface area contributed by atoms with E-state index in [-0.39, 0.29) is 90.3 Å². The Labute approximate surface area is 672 Å². The number of halogens is 13. The van der Waals surface area contributed by atoms with Crippen LogP contribution in [0.1, 0.15) is 144 Å². The number of rotatable bonds is 11. The van der Waals surface area contributed by atoms with E-state index in [1.54, 1.807) is 12.4 Å². The van der Waals surface area contributed by atoms with Gasteiger partial charge in [-0.2, -0.15) is 39.2 Å². The van der Waals surface area contributed by atoms with Gasteiger partial charge < -0.3 is 36.1 Å². The van der Waals surface area contributed by atoms with Crippen LogP contribution >= 0.6 is 34.8 Å². The number of terminal acetylenes is 1. The molecular weight excluding hydrogens is 1630 g/mol. The summed E-state index contributed by atoms with van der Waals surface area (Å²) in [5.41, 5.74) is -3.55. The fourth-order valence-corrected chi connectivity index (χ4v) is 8.86. The van der Waals surface area contributed by atoms with Gasteiger partial charge in [0.25, 0.3) is 0 Å². The Morgan fingerprint density at radius 3 is 1.00 bits per heavy atom. The first kappa shape index (κ1) is 112. The number of phenolic OH excluding ortho intramolecular Hbond substituents is 1. The highest BCUT2D eigenvalue weighted by Gasteiger charge is 2.49. The van der Waals surface area contributed by atoms with Crippen molar-refractivity contribution in [3.8, 4) is 18.6 Å². The second-order valence-electron chi connectivity index (χ2n) is 23.9. The van der Waals surface area contributed by atoms with Crippen molar-refractivity contribution >= 4 is 106 Å². The number of carboxylic acid groups (broad SMARTS) is 1. The number of carbonyl (C=O) groups is 7. The molecule has 0 aliphatic carbocycles. The lowest BCUT2D eigenvalue weighted by molar-refractivity contribution is -0.0503. The molecule has 0 amide bonds. The van der Waals surface area contributed by atoms with Gasteiger partial charge in [-0.1, -0.05) is 49.7 Å². The molecule has 1 saturated heterocycles. The fraction of sp³-hybridized carbons (Fsp3) is 0.368. The van der Waals surface area contributed by atoms with Gasteiger partial charge in [-0.15, -0.1) is 23.0 Å². The van der Waals surface area contributed by atoms with Crippen molar-refractivity contribution in [2.75, 3.05) is 76.6 Å². The minimum Gasteiger partial charge on any atom is -1.00 e. The van der Waals surface area contributed by atoms with Crippen molar-refractivity contribution in [1.29, 1.82) is 0 Å². The minimum atomic E-state index is -5.39. The van der Waals surface area contributed by atoms with Crippen LogP contribution in [0.5, 0.6) is 5.75 Å². The van der Waals surface area contributed by atoms with E-state index in [1.807, 2.05) is 68.3 Å². The number of aromatic nitrogens is 14. The summed E-state index contributed by atoms with van der Waals surface area (Å²) in [6, 6.07) is 2.42. The van der Waals surface area contributed by atoms with Crippen LogP contribution in [0.25, 0.3) is 0 Å². The predicted molar refractivity (Wildman–Crippen MR) is 406 cm³/mol. The summed E-state index contributed by atoms with van der Waals surface area (Å²) in [5.74, 6) is -10.00. The van der Waals surface area contributed by atoms with Crippen LogP contribution in [0.15, 0.2) is 92.6 Å². The van der Waals surface area contributed by atoms with Gasteiger partial charge in [-0.05, 0) is 65.8 Å². The summed E-state index contributed by atoms with van der Waals surface area (Å²) < 4.78 is 144. The molecule has 624 valence electrons. The average molecular weight is 1730 g/mol. The number of alkyl halides is 3. The zero-order valence-electron chi connectivity index (χ0n) is 63.9. The quantitative estimate of drug-likeness (QED) is 0.0231. The average Bonchev–Trinajstić information content (AvgIpc) is 0.912. The van der Waals surface area contributed by atoms with Crippen LogP contribution in [0.3, 0.4) is 0 Å². The molecule has 0 bridgehead atoms. The van der Waals surface area contributed by atoms with E-state index in [1.165, 1.54) is 130 Å². The monoisotopic (exact) mass is 1720 g/mol. The van der Waals surface area contributed by atoms with E-state index >= 15 is 0 Å². The summed E-state index contributed by atoms with van der Waals surface area (Å²) in [6.07, 6.45) is 24.3. The number of carboxylic acids is 1. The van der Waals surface area contributed by atoms with Crippen LogP contribution in [-0.4, -0.2) is 225 Å².